The third-order valence-corrected chi connectivity index (χ3v) is 6.54. The first kappa shape index (κ1) is 18.2. The lowest BCUT2D eigenvalue weighted by Crippen LogP contribution is -2.63. The normalized spacial score (nSPS) is 34.2. The Labute approximate surface area is 148 Å². The predicted octanol–water partition coefficient (Wildman–Crippen LogP) is 2.73. The van der Waals surface area contributed by atoms with Crippen LogP contribution in [0.5, 0.6) is 0 Å². The Morgan fingerprint density at radius 2 is 1.96 bits per heavy atom. The SMILES string of the molecule is CC(C)CNC(=O)CCC[C@@H]1[C@H]2CCCN3CCC[C@@H](CN1C)[C@@H]23. The summed E-state index contributed by atoms with van der Waals surface area (Å²) in [5, 5.41) is 3.06. The van der Waals surface area contributed by atoms with Crippen molar-refractivity contribution in [2.75, 3.05) is 33.2 Å². The van der Waals surface area contributed by atoms with Crippen molar-refractivity contribution in [3.63, 3.8) is 0 Å². The molecular weight excluding hydrogens is 298 g/mol. The van der Waals surface area contributed by atoms with Gasteiger partial charge in [0, 0.05) is 31.6 Å². The van der Waals surface area contributed by atoms with Gasteiger partial charge in [-0.3, -0.25) is 9.69 Å². The molecule has 3 fully saturated rings. The van der Waals surface area contributed by atoms with Crippen molar-refractivity contribution >= 4 is 5.91 Å². The van der Waals surface area contributed by atoms with Crippen LogP contribution in [0.15, 0.2) is 0 Å². The maximum absolute atomic E-state index is 12.0. The summed E-state index contributed by atoms with van der Waals surface area (Å²) in [6, 6.07) is 1.52. The molecule has 4 nitrogen and oxygen atoms in total. The summed E-state index contributed by atoms with van der Waals surface area (Å²) in [5.41, 5.74) is 0. The molecule has 1 amide bonds. The molecule has 3 aliphatic heterocycles. The first-order valence-corrected chi connectivity index (χ1v) is 10.3. The van der Waals surface area contributed by atoms with Crippen LogP contribution in [0, 0.1) is 17.8 Å². The molecule has 0 aromatic rings. The van der Waals surface area contributed by atoms with Crippen molar-refractivity contribution in [2.45, 2.75) is 70.9 Å². The van der Waals surface area contributed by atoms with Gasteiger partial charge in [-0.1, -0.05) is 13.8 Å². The molecule has 1 N–H and O–H groups in total. The maximum Gasteiger partial charge on any atom is 0.220 e. The number of carbonyl (C=O) groups is 1. The summed E-state index contributed by atoms with van der Waals surface area (Å²) in [6.07, 6.45) is 8.50. The molecule has 0 aromatic carbocycles. The van der Waals surface area contributed by atoms with E-state index in [1.165, 1.54) is 51.7 Å². The first-order valence-electron chi connectivity index (χ1n) is 10.3. The van der Waals surface area contributed by atoms with Gasteiger partial charge in [-0.15, -0.1) is 0 Å². The molecule has 0 bridgehead atoms. The zero-order chi connectivity index (χ0) is 17.1. The van der Waals surface area contributed by atoms with E-state index in [0.717, 1.165) is 30.8 Å². The number of amides is 1. The van der Waals surface area contributed by atoms with Gasteiger partial charge in [0.1, 0.15) is 0 Å². The number of nitrogens with zero attached hydrogens (tertiary/aromatic N) is 2. The summed E-state index contributed by atoms with van der Waals surface area (Å²) in [5.74, 6) is 2.50. The molecule has 3 heterocycles. The molecule has 0 unspecified atom stereocenters. The lowest BCUT2D eigenvalue weighted by atomic mass is 9.69. The van der Waals surface area contributed by atoms with Gasteiger partial charge < -0.3 is 10.2 Å². The van der Waals surface area contributed by atoms with Crippen LogP contribution in [0.4, 0.5) is 0 Å². The smallest absolute Gasteiger partial charge is 0.220 e. The number of carbonyl (C=O) groups excluding carboxylic acids is 1. The summed E-state index contributed by atoms with van der Waals surface area (Å²) in [7, 11) is 2.33. The lowest BCUT2D eigenvalue weighted by Gasteiger charge is -2.57. The second-order valence-corrected chi connectivity index (χ2v) is 8.83. The minimum Gasteiger partial charge on any atom is -0.356 e. The van der Waals surface area contributed by atoms with Crippen LogP contribution in [0.2, 0.25) is 0 Å². The van der Waals surface area contributed by atoms with E-state index in [1.807, 2.05) is 0 Å². The van der Waals surface area contributed by atoms with Crippen LogP contribution in [0.3, 0.4) is 0 Å². The first-order chi connectivity index (χ1) is 11.6. The average molecular weight is 336 g/mol. The zero-order valence-corrected chi connectivity index (χ0v) is 16.0. The molecule has 3 rings (SSSR count). The largest absolute Gasteiger partial charge is 0.356 e. The highest BCUT2D eigenvalue weighted by Gasteiger charge is 2.47. The average Bonchev–Trinajstić information content (AvgIpc) is 2.56. The standard InChI is InChI=1S/C20H37N3O/c1-15(2)13-21-19(24)10-4-9-18-17-8-6-12-23-11-5-7-16(20(17)23)14-22(18)3/h15-18,20H,4-14H2,1-3H3,(H,21,24)/t16-,17+,18+,20-/m0/s1. The van der Waals surface area contributed by atoms with E-state index in [9.17, 15) is 4.79 Å². The molecule has 138 valence electrons. The van der Waals surface area contributed by atoms with Gasteiger partial charge >= 0.3 is 0 Å². The van der Waals surface area contributed by atoms with Gasteiger partial charge in [-0.2, -0.15) is 0 Å². The fourth-order valence-electron chi connectivity index (χ4n) is 5.52. The Balaban J connectivity index is 1.52. The van der Waals surface area contributed by atoms with Crippen LogP contribution in [-0.4, -0.2) is 61.0 Å². The predicted molar refractivity (Wildman–Crippen MR) is 98.9 cm³/mol. The topological polar surface area (TPSA) is 35.6 Å². The molecule has 0 aromatic heterocycles. The van der Waals surface area contributed by atoms with Gasteiger partial charge in [0.05, 0.1) is 0 Å². The lowest BCUT2D eigenvalue weighted by molar-refractivity contribution is -0.121. The second kappa shape index (κ2) is 8.18. The minimum atomic E-state index is 0.239. The fraction of sp³-hybridized carbons (Fsp3) is 0.950. The van der Waals surface area contributed by atoms with E-state index in [-0.39, 0.29) is 5.91 Å². The molecule has 24 heavy (non-hydrogen) atoms. The number of rotatable bonds is 6. The molecule has 0 saturated carbocycles. The van der Waals surface area contributed by atoms with Crippen LogP contribution in [0.25, 0.3) is 0 Å². The van der Waals surface area contributed by atoms with E-state index in [2.05, 4.69) is 36.0 Å². The number of hydrogen-bond donors (Lipinski definition) is 1. The third kappa shape index (κ3) is 4.13. The van der Waals surface area contributed by atoms with Crippen molar-refractivity contribution in [2.24, 2.45) is 17.8 Å². The Morgan fingerprint density at radius 1 is 1.21 bits per heavy atom. The van der Waals surface area contributed by atoms with Crippen molar-refractivity contribution in [3.05, 3.63) is 0 Å². The molecular formula is C20H37N3O. The summed E-state index contributed by atoms with van der Waals surface area (Å²) in [4.78, 5) is 17.4. The summed E-state index contributed by atoms with van der Waals surface area (Å²) < 4.78 is 0. The Kier molecular flexibility index (Phi) is 6.20. The van der Waals surface area contributed by atoms with Crippen molar-refractivity contribution < 1.29 is 4.79 Å². The highest BCUT2D eigenvalue weighted by molar-refractivity contribution is 5.75. The number of likely N-dealkylation sites (tertiary alicyclic amines) is 1. The Morgan fingerprint density at radius 3 is 2.71 bits per heavy atom. The van der Waals surface area contributed by atoms with Crippen LogP contribution >= 0.6 is 0 Å². The highest BCUT2D eigenvalue weighted by Crippen LogP contribution is 2.42. The van der Waals surface area contributed by atoms with Crippen LogP contribution in [-0.2, 0) is 4.79 Å². The van der Waals surface area contributed by atoms with E-state index in [1.54, 1.807) is 0 Å². The monoisotopic (exact) mass is 335 g/mol. The maximum atomic E-state index is 12.0. The molecule has 0 radical (unpaired) electrons. The van der Waals surface area contributed by atoms with Gasteiger partial charge in [-0.25, -0.2) is 0 Å². The van der Waals surface area contributed by atoms with E-state index >= 15 is 0 Å². The van der Waals surface area contributed by atoms with Gasteiger partial charge in [0.25, 0.3) is 0 Å². The Hall–Kier alpha value is -0.610. The van der Waals surface area contributed by atoms with Crippen LogP contribution in [0.1, 0.15) is 58.8 Å². The molecule has 0 aliphatic carbocycles. The zero-order valence-electron chi connectivity index (χ0n) is 16.0. The van der Waals surface area contributed by atoms with Crippen LogP contribution < -0.4 is 5.32 Å². The number of piperidine rings is 3. The number of hydrogen-bond acceptors (Lipinski definition) is 3. The molecule has 3 saturated heterocycles. The third-order valence-electron chi connectivity index (χ3n) is 6.54. The van der Waals surface area contributed by atoms with E-state index in [0.29, 0.717) is 18.4 Å². The fourth-order valence-corrected chi connectivity index (χ4v) is 5.52. The number of nitrogens with one attached hydrogen (secondary N) is 1. The molecule has 4 atom stereocenters. The molecule has 4 heteroatoms. The van der Waals surface area contributed by atoms with Gasteiger partial charge in [0.2, 0.25) is 5.91 Å². The summed E-state index contributed by atoms with van der Waals surface area (Å²) in [6.45, 7) is 9.02. The molecule has 3 aliphatic rings. The highest BCUT2D eigenvalue weighted by atomic mass is 16.1. The second-order valence-electron chi connectivity index (χ2n) is 8.83. The van der Waals surface area contributed by atoms with E-state index < -0.39 is 0 Å². The van der Waals surface area contributed by atoms with Crippen molar-refractivity contribution in [3.8, 4) is 0 Å². The summed E-state index contributed by atoms with van der Waals surface area (Å²) >= 11 is 0. The van der Waals surface area contributed by atoms with Gasteiger partial charge in [-0.05, 0) is 76.4 Å². The van der Waals surface area contributed by atoms with E-state index in [4.69, 9.17) is 0 Å². The van der Waals surface area contributed by atoms with Crippen molar-refractivity contribution in [1.29, 1.82) is 0 Å². The quantitative estimate of drug-likeness (QED) is 0.811. The minimum absolute atomic E-state index is 0.239. The molecule has 0 spiro atoms. The van der Waals surface area contributed by atoms with Gasteiger partial charge in [0.15, 0.2) is 0 Å². The van der Waals surface area contributed by atoms with Crippen molar-refractivity contribution in [1.82, 2.24) is 15.1 Å². The Bertz CT molecular complexity index is 423.